The van der Waals surface area contributed by atoms with Crippen molar-refractivity contribution in [3.63, 3.8) is 0 Å². The van der Waals surface area contributed by atoms with Crippen LogP contribution in [0.5, 0.6) is 0 Å². The Hall–Kier alpha value is -1.29. The van der Waals surface area contributed by atoms with Crippen LogP contribution in [0.1, 0.15) is 57.1 Å². The second kappa shape index (κ2) is 12.1. The zero-order valence-corrected chi connectivity index (χ0v) is 21.6. The maximum absolute atomic E-state index is 4.90. The number of thioether (sulfide) groups is 1. The molecule has 1 aliphatic heterocycles. The van der Waals surface area contributed by atoms with Crippen molar-refractivity contribution in [2.45, 2.75) is 74.5 Å². The fourth-order valence-electron chi connectivity index (χ4n) is 3.92. The molecule has 0 unspecified atom stereocenters. The summed E-state index contributed by atoms with van der Waals surface area (Å²) in [7, 11) is 0. The summed E-state index contributed by atoms with van der Waals surface area (Å²) in [4.78, 5) is 6.24. The van der Waals surface area contributed by atoms with Gasteiger partial charge in [0.1, 0.15) is 11.6 Å². The lowest BCUT2D eigenvalue weighted by Crippen LogP contribution is -2.38. The van der Waals surface area contributed by atoms with E-state index < -0.39 is 0 Å². The van der Waals surface area contributed by atoms with Crippen LogP contribution in [0.25, 0.3) is 0 Å². The number of nitrogens with zero attached hydrogens (tertiary/aromatic N) is 4. The van der Waals surface area contributed by atoms with Crippen LogP contribution in [0.2, 0.25) is 0 Å². The molecule has 6 nitrogen and oxygen atoms in total. The van der Waals surface area contributed by atoms with Crippen molar-refractivity contribution in [3.05, 3.63) is 42.0 Å². The molecule has 2 aromatic rings. The molecule has 1 aromatic heterocycles. The summed E-state index contributed by atoms with van der Waals surface area (Å²) in [5.41, 5.74) is 0. The molecule has 31 heavy (non-hydrogen) atoms. The predicted octanol–water partition coefficient (Wildman–Crippen LogP) is 4.44. The lowest BCUT2D eigenvalue weighted by Gasteiger charge is -2.15. The minimum absolute atomic E-state index is 0. The first-order valence-corrected chi connectivity index (χ1v) is 12.3. The summed E-state index contributed by atoms with van der Waals surface area (Å²) in [6.45, 7) is 5.83. The summed E-state index contributed by atoms with van der Waals surface area (Å²) >= 11 is 1.98. The molecule has 0 saturated heterocycles. The average molecular weight is 555 g/mol. The molecule has 2 heterocycles. The van der Waals surface area contributed by atoms with Crippen molar-refractivity contribution in [3.8, 4) is 0 Å². The molecule has 2 N–H and O–H groups in total. The first-order valence-electron chi connectivity index (χ1n) is 11.5. The van der Waals surface area contributed by atoms with Gasteiger partial charge in [0.25, 0.3) is 0 Å². The third-order valence-electron chi connectivity index (χ3n) is 5.81. The van der Waals surface area contributed by atoms with E-state index in [1.807, 2.05) is 11.8 Å². The molecule has 1 fully saturated rings. The highest BCUT2D eigenvalue weighted by Gasteiger charge is 2.43. The molecule has 1 aliphatic carbocycles. The van der Waals surface area contributed by atoms with Crippen molar-refractivity contribution in [2.75, 3.05) is 19.6 Å². The molecule has 4 rings (SSSR count). The fraction of sp³-hybridized carbons (Fsp3) is 0.609. The Morgan fingerprint density at radius 1 is 1.13 bits per heavy atom. The average Bonchev–Trinajstić information content (AvgIpc) is 3.48. The summed E-state index contributed by atoms with van der Waals surface area (Å²) < 4.78 is 2.63. The highest BCUT2D eigenvalue weighted by molar-refractivity contribution is 14.0. The van der Waals surface area contributed by atoms with E-state index in [1.165, 1.54) is 42.8 Å². The van der Waals surface area contributed by atoms with Crippen LogP contribution < -0.4 is 10.6 Å². The summed E-state index contributed by atoms with van der Waals surface area (Å²) in [5.74, 6) is 3.25. The molecule has 8 heteroatoms. The van der Waals surface area contributed by atoms with Gasteiger partial charge in [0.15, 0.2) is 5.96 Å². The van der Waals surface area contributed by atoms with Gasteiger partial charge >= 0.3 is 0 Å². The van der Waals surface area contributed by atoms with Crippen LogP contribution in [0.15, 0.2) is 40.2 Å². The molecular weight excluding hydrogens is 519 g/mol. The Morgan fingerprint density at radius 2 is 1.97 bits per heavy atom. The molecule has 0 spiro atoms. The van der Waals surface area contributed by atoms with Gasteiger partial charge in [0, 0.05) is 42.1 Å². The van der Waals surface area contributed by atoms with E-state index in [4.69, 9.17) is 4.99 Å². The minimum atomic E-state index is 0. The van der Waals surface area contributed by atoms with Crippen LogP contribution in [-0.2, 0) is 19.4 Å². The molecule has 170 valence electrons. The van der Waals surface area contributed by atoms with Crippen LogP contribution >= 0.6 is 35.7 Å². The molecular formula is C23H35IN6S. The minimum Gasteiger partial charge on any atom is -0.357 e. The lowest BCUT2D eigenvalue weighted by molar-refractivity contribution is 0.594. The van der Waals surface area contributed by atoms with Gasteiger partial charge in [-0.3, -0.25) is 4.99 Å². The second-order valence-electron chi connectivity index (χ2n) is 8.32. The molecule has 1 aromatic carbocycles. The van der Waals surface area contributed by atoms with E-state index in [2.05, 4.69) is 62.7 Å². The van der Waals surface area contributed by atoms with Crippen molar-refractivity contribution in [1.82, 2.24) is 25.4 Å². The molecule has 0 atom stereocenters. The van der Waals surface area contributed by atoms with Gasteiger partial charge in [-0.1, -0.05) is 24.6 Å². The largest absolute Gasteiger partial charge is 0.357 e. The Morgan fingerprint density at radius 3 is 2.74 bits per heavy atom. The highest BCUT2D eigenvalue weighted by Crippen LogP contribution is 2.51. The number of guanidine groups is 1. The zero-order chi connectivity index (χ0) is 20.7. The Bertz CT molecular complexity index is 834. The number of benzene rings is 1. The number of aryl methyl sites for hydroxylation is 2. The maximum Gasteiger partial charge on any atom is 0.191 e. The first-order chi connectivity index (χ1) is 14.8. The number of hydrogen-bond acceptors (Lipinski definition) is 4. The van der Waals surface area contributed by atoms with E-state index in [1.54, 1.807) is 0 Å². The van der Waals surface area contributed by atoms with Crippen LogP contribution in [0.3, 0.4) is 0 Å². The Labute approximate surface area is 207 Å². The quantitative estimate of drug-likeness (QED) is 0.208. The third kappa shape index (κ3) is 7.10. The molecule has 2 aliphatic rings. The second-order valence-corrected chi connectivity index (χ2v) is 9.86. The van der Waals surface area contributed by atoms with Gasteiger partial charge in [-0.15, -0.1) is 45.9 Å². The summed E-state index contributed by atoms with van der Waals surface area (Å²) in [5, 5.41) is 15.8. The van der Waals surface area contributed by atoms with Crippen LogP contribution in [0.4, 0.5) is 0 Å². The lowest BCUT2D eigenvalue weighted by atomic mass is 10.2. The van der Waals surface area contributed by atoms with E-state index in [9.17, 15) is 0 Å². The van der Waals surface area contributed by atoms with Gasteiger partial charge in [-0.25, -0.2) is 0 Å². The number of halogens is 1. The van der Waals surface area contributed by atoms with Gasteiger partial charge in [-0.05, 0) is 51.2 Å². The normalized spacial score (nSPS) is 17.3. The van der Waals surface area contributed by atoms with Crippen molar-refractivity contribution in [1.29, 1.82) is 0 Å². The number of aliphatic imine (C=N–C) groups is 1. The molecule has 0 amide bonds. The number of rotatable bonds is 9. The van der Waals surface area contributed by atoms with E-state index in [-0.39, 0.29) is 28.7 Å². The van der Waals surface area contributed by atoms with Crippen molar-refractivity contribution >= 4 is 41.7 Å². The maximum atomic E-state index is 4.90. The SMILES string of the molecule is CCNC(=NCC1(Sc2ccccc2)CC1)NCCCc1nnc2n1CCCCC2.I. The van der Waals surface area contributed by atoms with Gasteiger partial charge < -0.3 is 15.2 Å². The van der Waals surface area contributed by atoms with Gasteiger partial charge in [0.05, 0.1) is 6.54 Å². The fourth-order valence-corrected chi connectivity index (χ4v) is 5.15. The predicted molar refractivity (Wildman–Crippen MR) is 140 cm³/mol. The van der Waals surface area contributed by atoms with Gasteiger partial charge in [0.2, 0.25) is 0 Å². The smallest absolute Gasteiger partial charge is 0.191 e. The van der Waals surface area contributed by atoms with E-state index >= 15 is 0 Å². The summed E-state index contributed by atoms with van der Waals surface area (Å²) in [6, 6.07) is 10.7. The van der Waals surface area contributed by atoms with Gasteiger partial charge in [-0.2, -0.15) is 0 Å². The number of nitrogens with one attached hydrogen (secondary N) is 2. The zero-order valence-electron chi connectivity index (χ0n) is 18.5. The highest BCUT2D eigenvalue weighted by atomic mass is 127. The number of fused-ring (bicyclic) bond motifs is 1. The first kappa shape index (κ1) is 24.4. The topological polar surface area (TPSA) is 67.1 Å². The van der Waals surface area contributed by atoms with E-state index in [0.29, 0.717) is 0 Å². The van der Waals surface area contributed by atoms with Crippen LogP contribution in [0, 0.1) is 0 Å². The Balaban J connectivity index is 0.00000272. The van der Waals surface area contributed by atoms with Crippen molar-refractivity contribution < 1.29 is 0 Å². The molecule has 0 bridgehead atoms. The van der Waals surface area contributed by atoms with E-state index in [0.717, 1.165) is 57.2 Å². The molecule has 1 saturated carbocycles. The third-order valence-corrected chi connectivity index (χ3v) is 7.29. The number of hydrogen-bond donors (Lipinski definition) is 2. The summed E-state index contributed by atoms with van der Waals surface area (Å²) in [6.07, 6.45) is 9.35. The number of aromatic nitrogens is 3. The Kier molecular flexibility index (Phi) is 9.49. The van der Waals surface area contributed by atoms with Crippen LogP contribution in [-0.4, -0.2) is 45.1 Å². The standard InChI is InChI=1S/C23H34N6S.HI/c1-2-24-22(26-18-23(14-15-23)30-19-10-5-3-6-11-19)25-16-9-13-21-28-27-20-12-7-4-8-17-29(20)21;/h3,5-6,10-11H,2,4,7-9,12-18H2,1H3,(H2,24,25,26);1H. The molecule has 0 radical (unpaired) electrons. The van der Waals surface area contributed by atoms with Crippen molar-refractivity contribution in [2.24, 2.45) is 4.99 Å². The monoisotopic (exact) mass is 554 g/mol.